The van der Waals surface area contributed by atoms with E-state index in [2.05, 4.69) is 39.5 Å². The predicted molar refractivity (Wildman–Crippen MR) is 266 cm³/mol. The van der Waals surface area contributed by atoms with Gasteiger partial charge in [0.25, 0.3) is 0 Å². The van der Waals surface area contributed by atoms with Crippen molar-refractivity contribution in [3.63, 3.8) is 0 Å². The molecule has 0 radical (unpaired) electrons. The van der Waals surface area contributed by atoms with Crippen molar-refractivity contribution in [2.45, 2.75) is 173 Å². The highest BCUT2D eigenvalue weighted by atomic mass is 79.9. The van der Waals surface area contributed by atoms with E-state index in [0.717, 1.165) is 89.2 Å². The maximum Gasteiger partial charge on any atom is 0.191 e. The van der Waals surface area contributed by atoms with E-state index in [1.165, 1.54) is 24.3 Å². The van der Waals surface area contributed by atoms with Crippen molar-refractivity contribution in [2.24, 2.45) is 70.0 Å². The molecule has 0 unspecified atom stereocenters. The molecule has 0 bridgehead atoms. The summed E-state index contributed by atoms with van der Waals surface area (Å²) < 4.78 is 64.6. The van der Waals surface area contributed by atoms with Crippen LogP contribution in [0.15, 0.2) is 36.4 Å². The summed E-state index contributed by atoms with van der Waals surface area (Å²) in [6.45, 7) is 21.6. The number of rotatable bonds is 6. The van der Waals surface area contributed by atoms with Gasteiger partial charge >= 0.3 is 0 Å². The van der Waals surface area contributed by atoms with E-state index in [0.29, 0.717) is 67.4 Å². The van der Waals surface area contributed by atoms with Gasteiger partial charge < -0.3 is 20.1 Å². The highest BCUT2D eigenvalue weighted by Crippen LogP contribution is 2.68. The van der Waals surface area contributed by atoms with Crippen LogP contribution in [-0.4, -0.2) is 61.4 Å². The molecule has 8 fully saturated rings. The van der Waals surface area contributed by atoms with E-state index in [-0.39, 0.29) is 89.2 Å². The number of ketones is 2. The average Bonchev–Trinajstić information content (AvgIpc) is 3.87. The Balaban J connectivity index is 0.000000175. The monoisotopic (exact) mass is 1040 g/mol. The zero-order valence-corrected chi connectivity index (χ0v) is 42.3. The Bertz CT molecular complexity index is 2350. The van der Waals surface area contributed by atoms with Gasteiger partial charge in [0.1, 0.15) is 35.2 Å². The zero-order chi connectivity index (χ0) is 49.9. The quantitative estimate of drug-likeness (QED) is 0.151. The lowest BCUT2D eigenvalue weighted by atomic mass is 9.48. The number of ether oxygens (including phenoxy) is 1. The fraction of sp³-hybridized carbons (Fsp3) is 0.719. The summed E-state index contributed by atoms with van der Waals surface area (Å²) in [6, 6.07) is 7.36. The number of carbonyl (C=O) groups is 2. The normalized spacial score (nSPS) is 42.0. The van der Waals surface area contributed by atoms with Crippen molar-refractivity contribution in [3.05, 3.63) is 70.9 Å². The Kier molecular flexibility index (Phi) is 15.8. The first-order chi connectivity index (χ1) is 32.5. The molecule has 8 saturated carbocycles. The van der Waals surface area contributed by atoms with Gasteiger partial charge in [-0.25, -0.2) is 27.3 Å². The van der Waals surface area contributed by atoms with Crippen LogP contribution in [0.5, 0.6) is 11.5 Å². The molecular weight excluding hydrogens is 965 g/mol. The zero-order valence-electron chi connectivity index (χ0n) is 40.7. The van der Waals surface area contributed by atoms with Crippen LogP contribution in [0.3, 0.4) is 0 Å². The second kappa shape index (κ2) is 20.4. The Hall–Kier alpha value is -3.52. The first-order valence-electron chi connectivity index (χ1n) is 25.6. The predicted octanol–water partition coefficient (Wildman–Crippen LogP) is 14.2. The van der Waals surface area contributed by atoms with E-state index in [4.69, 9.17) is 23.0 Å². The molecule has 3 N–H and O–H groups in total. The lowest BCUT2D eigenvalue weighted by Crippen LogP contribution is -2.58. The molecule has 384 valence electrons. The molecule has 2 aromatic carbocycles. The van der Waals surface area contributed by atoms with Crippen LogP contribution >= 0.6 is 15.9 Å². The Morgan fingerprint density at radius 3 is 1.56 bits per heavy atom. The van der Waals surface area contributed by atoms with Crippen LogP contribution < -0.4 is 4.74 Å². The number of aromatic hydroxyl groups is 1. The molecular formula is C57H75BrF4N2O6. The van der Waals surface area contributed by atoms with Crippen LogP contribution in [0.2, 0.25) is 0 Å². The summed E-state index contributed by atoms with van der Waals surface area (Å²) in [5.74, 6) is 0.218. The summed E-state index contributed by atoms with van der Waals surface area (Å²) in [4.78, 5) is 32.0. The fourth-order valence-corrected chi connectivity index (χ4v) is 17.0. The molecule has 13 heteroatoms. The van der Waals surface area contributed by atoms with Crippen molar-refractivity contribution in [2.75, 3.05) is 11.9 Å². The van der Waals surface area contributed by atoms with Crippen molar-refractivity contribution in [1.82, 2.24) is 0 Å². The Labute approximate surface area is 421 Å². The van der Waals surface area contributed by atoms with E-state index < -0.39 is 39.9 Å². The summed E-state index contributed by atoms with van der Waals surface area (Å²) in [7, 11) is 0. The number of aliphatic hydroxyl groups is 2. The minimum atomic E-state index is -1.19. The van der Waals surface area contributed by atoms with Gasteiger partial charge in [-0.05, 0) is 212 Å². The van der Waals surface area contributed by atoms with E-state index >= 15 is 8.78 Å². The Morgan fingerprint density at radius 1 is 0.643 bits per heavy atom. The summed E-state index contributed by atoms with van der Waals surface area (Å²) in [6.07, 6.45) is 14.4. The smallest absolute Gasteiger partial charge is 0.191 e. The maximum atomic E-state index is 16.5. The van der Waals surface area contributed by atoms with Gasteiger partial charge in [0.2, 0.25) is 0 Å². The van der Waals surface area contributed by atoms with Crippen molar-refractivity contribution < 1.29 is 47.2 Å². The van der Waals surface area contributed by atoms with Gasteiger partial charge in [-0.2, -0.15) is 0 Å². The SMILES string of the molecule is C.C[C@@]1(O)CC[C@@]2(F)[C@H](CC[C@H]3[C@@H]4CC[C@H](C(=O)CBr)[C@@]4(C)CC[C@@H]32)C1.[C-]#[N+]c1ccc(F)c(O)c1.[C-]#[N+]c1ccc(F)c(OCC(=O)[C@H]2CC[C@H]3[C@@H]4CC[C@@H]5C[C@](C)(O)CC[C@]5(F)[C@H]4CC[C@]23C)c1. The number of carbonyl (C=O) groups excluding carboxylic acids is 2. The average molecular weight is 1040 g/mol. The van der Waals surface area contributed by atoms with E-state index in [9.17, 15) is 28.6 Å². The molecule has 16 atom stereocenters. The third-order valence-electron chi connectivity index (χ3n) is 20.0. The molecule has 8 aliphatic rings. The number of fused-ring (bicyclic) bond motifs is 10. The fourth-order valence-electron chi connectivity index (χ4n) is 16.6. The number of phenolic OH excluding ortho intramolecular Hbond substituents is 1. The Morgan fingerprint density at radius 2 is 1.10 bits per heavy atom. The second-order valence-corrected chi connectivity index (χ2v) is 24.3. The molecule has 0 aromatic heterocycles. The molecule has 2 aromatic rings. The number of benzene rings is 2. The van der Waals surface area contributed by atoms with Crippen LogP contribution in [0.1, 0.15) is 151 Å². The van der Waals surface area contributed by atoms with Gasteiger partial charge in [-0.1, -0.05) is 49.3 Å². The maximum absolute atomic E-state index is 16.5. The second-order valence-electron chi connectivity index (χ2n) is 23.7. The minimum absolute atomic E-state index is 0. The van der Waals surface area contributed by atoms with Crippen LogP contribution in [-0.2, 0) is 9.59 Å². The summed E-state index contributed by atoms with van der Waals surface area (Å²) in [5, 5.41) is 30.1. The van der Waals surface area contributed by atoms with Crippen LogP contribution in [0.25, 0.3) is 9.69 Å². The first kappa shape index (κ1) is 54.3. The third-order valence-corrected chi connectivity index (χ3v) is 20.6. The van der Waals surface area contributed by atoms with Gasteiger partial charge in [0.05, 0.1) is 29.7 Å². The van der Waals surface area contributed by atoms with Gasteiger partial charge in [0, 0.05) is 11.8 Å². The van der Waals surface area contributed by atoms with E-state index in [1.807, 2.05) is 13.8 Å². The first-order valence-corrected chi connectivity index (χ1v) is 26.7. The number of nitrogens with zero attached hydrogens (tertiary/aromatic N) is 2. The molecule has 0 spiro atoms. The molecule has 0 saturated heterocycles. The lowest BCUT2D eigenvalue weighted by Gasteiger charge is -2.59. The highest BCUT2D eigenvalue weighted by Gasteiger charge is 2.65. The number of phenols is 1. The molecule has 8 aliphatic carbocycles. The number of hydrogen-bond donors (Lipinski definition) is 3. The van der Waals surface area contributed by atoms with Crippen molar-refractivity contribution in [3.8, 4) is 11.5 Å². The number of Topliss-reactive ketones (excluding diaryl/α,β-unsaturated/α-hetero) is 2. The van der Waals surface area contributed by atoms with Crippen molar-refractivity contribution in [1.29, 1.82) is 0 Å². The molecule has 0 aliphatic heterocycles. The molecule has 0 amide bonds. The van der Waals surface area contributed by atoms with Crippen LogP contribution in [0, 0.1) is 94.8 Å². The largest absolute Gasteiger partial charge is 0.506 e. The third kappa shape index (κ3) is 9.96. The van der Waals surface area contributed by atoms with Crippen LogP contribution in [0.4, 0.5) is 28.9 Å². The topological polar surface area (TPSA) is 113 Å². The van der Waals surface area contributed by atoms with E-state index in [1.54, 1.807) is 0 Å². The highest BCUT2D eigenvalue weighted by molar-refractivity contribution is 9.09. The number of halogens is 5. The number of hydrogen-bond acceptors (Lipinski definition) is 6. The molecule has 8 nitrogen and oxygen atoms in total. The summed E-state index contributed by atoms with van der Waals surface area (Å²) in [5.41, 5.74) is -3.30. The molecule has 0 heterocycles. The number of alkyl halides is 3. The summed E-state index contributed by atoms with van der Waals surface area (Å²) >= 11 is 3.37. The lowest BCUT2D eigenvalue weighted by molar-refractivity contribution is -0.166. The molecule has 70 heavy (non-hydrogen) atoms. The molecule has 10 rings (SSSR count). The standard InChI is InChI=1S/C28H35F2NO3.C21H32BrFO2.C7H4FNO.CH4/c1-26(33)12-13-28(30)17(15-26)4-6-19-20-7-8-22(27(20,2)11-10-21(19)28)24(32)16-34-25-14-18(31-3)5-9-23(25)29;1-19(25)9-10-21(23)13(11-19)3-4-14-15-5-6-17(18(24)12-22)20(15,2)8-7-16(14)21;1-9-5-2-3-6(8)7(10)4-5;/h5,9,14,17,19-22,33H,4,6-8,10-13,15-16H2,1-2H3;13-17,25H,3-12H2,1-2H3;2-4,10H;1H4/t17-,19+,20+,21+,22-,26-,27+,28-;13-,14+,15+,16+,17-,19-,20+,21-;;/m11../s1. The minimum Gasteiger partial charge on any atom is -0.506 e. The van der Waals surface area contributed by atoms with Crippen molar-refractivity contribution >= 4 is 38.9 Å². The van der Waals surface area contributed by atoms with Gasteiger partial charge in [-0.15, -0.1) is 0 Å². The van der Waals surface area contributed by atoms with Gasteiger partial charge in [-0.3, -0.25) is 9.59 Å². The van der Waals surface area contributed by atoms with Gasteiger partial charge in [0.15, 0.2) is 28.8 Å².